The molecule has 2 fully saturated rings. The van der Waals surface area contributed by atoms with Gasteiger partial charge in [0, 0.05) is 25.7 Å². The smallest absolute Gasteiger partial charge is 0.236 e. The number of ether oxygens (including phenoxy) is 1. The fraction of sp³-hybridized carbons (Fsp3) is 0.923. The Hall–Kier alpha value is -0.650. The van der Waals surface area contributed by atoms with E-state index in [9.17, 15) is 4.79 Å². The first-order valence-electron chi connectivity index (χ1n) is 7.04. The average molecular weight is 255 g/mol. The van der Waals surface area contributed by atoms with E-state index in [1.165, 1.54) is 12.8 Å². The van der Waals surface area contributed by atoms with Gasteiger partial charge in [-0.3, -0.25) is 9.69 Å². The van der Waals surface area contributed by atoms with Gasteiger partial charge >= 0.3 is 0 Å². The lowest BCUT2D eigenvalue weighted by molar-refractivity contribution is -0.140. The van der Waals surface area contributed by atoms with Gasteiger partial charge in [0.15, 0.2) is 0 Å². The molecule has 0 spiro atoms. The molecule has 2 N–H and O–H groups in total. The fourth-order valence-electron chi connectivity index (χ4n) is 2.85. The third-order valence-electron chi connectivity index (χ3n) is 3.95. The van der Waals surface area contributed by atoms with Crippen LogP contribution < -0.4 is 5.73 Å². The lowest BCUT2D eigenvalue weighted by Crippen LogP contribution is -2.52. The Kier molecular flexibility index (Phi) is 4.97. The number of amides is 1. The Morgan fingerprint density at radius 1 is 1.39 bits per heavy atom. The minimum Gasteiger partial charge on any atom is -0.375 e. The number of piperidine rings is 1. The molecule has 1 amide bonds. The van der Waals surface area contributed by atoms with Gasteiger partial charge in [0.05, 0.1) is 19.3 Å². The summed E-state index contributed by atoms with van der Waals surface area (Å²) in [6.07, 6.45) is 3.71. The molecule has 5 nitrogen and oxygen atoms in total. The van der Waals surface area contributed by atoms with E-state index in [2.05, 4.69) is 4.90 Å². The highest BCUT2D eigenvalue weighted by atomic mass is 16.5. The predicted molar refractivity (Wildman–Crippen MR) is 70.3 cm³/mol. The lowest BCUT2D eigenvalue weighted by atomic mass is 10.0. The van der Waals surface area contributed by atoms with E-state index in [4.69, 9.17) is 10.5 Å². The molecule has 0 aromatic carbocycles. The van der Waals surface area contributed by atoms with Crippen molar-refractivity contribution in [2.45, 2.75) is 38.3 Å². The van der Waals surface area contributed by atoms with Gasteiger partial charge < -0.3 is 15.4 Å². The first-order valence-corrected chi connectivity index (χ1v) is 7.04. The van der Waals surface area contributed by atoms with Crippen LogP contribution in [0.4, 0.5) is 0 Å². The minimum atomic E-state index is 0.161. The van der Waals surface area contributed by atoms with E-state index < -0.39 is 0 Å². The molecule has 2 heterocycles. The summed E-state index contributed by atoms with van der Waals surface area (Å²) in [5.41, 5.74) is 5.78. The number of carbonyl (C=O) groups excluding carboxylic acids is 1. The Labute approximate surface area is 109 Å². The van der Waals surface area contributed by atoms with Crippen molar-refractivity contribution >= 4 is 5.91 Å². The van der Waals surface area contributed by atoms with Crippen LogP contribution in [0, 0.1) is 0 Å². The first-order chi connectivity index (χ1) is 8.70. The van der Waals surface area contributed by atoms with E-state index in [0.29, 0.717) is 25.7 Å². The van der Waals surface area contributed by atoms with Gasteiger partial charge in [-0.15, -0.1) is 0 Å². The molecule has 0 radical (unpaired) electrons. The summed E-state index contributed by atoms with van der Waals surface area (Å²) in [7, 11) is 0. The molecular weight excluding hydrogens is 230 g/mol. The summed E-state index contributed by atoms with van der Waals surface area (Å²) in [5, 5.41) is 0. The number of morpholine rings is 1. The molecule has 0 aliphatic carbocycles. The van der Waals surface area contributed by atoms with E-state index in [-0.39, 0.29) is 12.0 Å². The molecule has 104 valence electrons. The van der Waals surface area contributed by atoms with Crippen molar-refractivity contribution in [3.63, 3.8) is 0 Å². The van der Waals surface area contributed by atoms with Crippen LogP contribution in [0.25, 0.3) is 0 Å². The van der Waals surface area contributed by atoms with Crippen molar-refractivity contribution < 1.29 is 9.53 Å². The Morgan fingerprint density at radius 3 is 2.94 bits per heavy atom. The zero-order chi connectivity index (χ0) is 13.0. The molecule has 0 bridgehead atoms. The third-order valence-corrected chi connectivity index (χ3v) is 3.95. The van der Waals surface area contributed by atoms with Crippen LogP contribution in [0.3, 0.4) is 0 Å². The first kappa shape index (κ1) is 13.8. The van der Waals surface area contributed by atoms with Gasteiger partial charge in [-0.1, -0.05) is 6.42 Å². The second-order valence-corrected chi connectivity index (χ2v) is 5.38. The van der Waals surface area contributed by atoms with Crippen molar-refractivity contribution in [2.75, 3.05) is 39.3 Å². The SMILES string of the molecule is CC1CN(C(=O)CN2CCCCC2CN)CCO1. The van der Waals surface area contributed by atoms with Gasteiger partial charge in [0.1, 0.15) is 0 Å². The quantitative estimate of drug-likeness (QED) is 0.774. The van der Waals surface area contributed by atoms with Crippen LogP contribution in [0.1, 0.15) is 26.2 Å². The largest absolute Gasteiger partial charge is 0.375 e. The predicted octanol–water partition coefficient (Wildman–Crippen LogP) is 0.0469. The second-order valence-electron chi connectivity index (χ2n) is 5.38. The molecule has 2 saturated heterocycles. The van der Waals surface area contributed by atoms with Crippen molar-refractivity contribution in [2.24, 2.45) is 5.73 Å². The average Bonchev–Trinajstić information content (AvgIpc) is 2.39. The van der Waals surface area contributed by atoms with E-state index >= 15 is 0 Å². The second kappa shape index (κ2) is 6.50. The summed E-state index contributed by atoms with van der Waals surface area (Å²) in [6, 6.07) is 0.390. The van der Waals surface area contributed by atoms with Crippen molar-refractivity contribution in [1.29, 1.82) is 0 Å². The van der Waals surface area contributed by atoms with Crippen LogP contribution in [0.2, 0.25) is 0 Å². The summed E-state index contributed by atoms with van der Waals surface area (Å²) >= 11 is 0. The van der Waals surface area contributed by atoms with Gasteiger partial charge in [-0.2, -0.15) is 0 Å². The number of nitrogens with zero attached hydrogens (tertiary/aromatic N) is 2. The zero-order valence-corrected chi connectivity index (χ0v) is 11.3. The van der Waals surface area contributed by atoms with Gasteiger partial charge in [-0.05, 0) is 26.3 Å². The van der Waals surface area contributed by atoms with Crippen molar-refractivity contribution in [3.05, 3.63) is 0 Å². The number of nitrogens with two attached hydrogens (primary N) is 1. The molecule has 0 saturated carbocycles. The van der Waals surface area contributed by atoms with Crippen molar-refractivity contribution in [3.8, 4) is 0 Å². The molecule has 2 aliphatic heterocycles. The number of hydrogen-bond donors (Lipinski definition) is 1. The van der Waals surface area contributed by atoms with E-state index in [1.807, 2.05) is 11.8 Å². The van der Waals surface area contributed by atoms with Crippen LogP contribution in [0.15, 0.2) is 0 Å². The number of hydrogen-bond acceptors (Lipinski definition) is 4. The molecule has 5 heteroatoms. The summed E-state index contributed by atoms with van der Waals surface area (Å²) in [4.78, 5) is 16.4. The number of rotatable bonds is 3. The highest BCUT2D eigenvalue weighted by Gasteiger charge is 2.27. The van der Waals surface area contributed by atoms with Crippen LogP contribution in [-0.2, 0) is 9.53 Å². The number of carbonyl (C=O) groups is 1. The minimum absolute atomic E-state index is 0.161. The van der Waals surface area contributed by atoms with Gasteiger partial charge in [0.25, 0.3) is 0 Å². The third kappa shape index (κ3) is 3.43. The van der Waals surface area contributed by atoms with E-state index in [0.717, 1.165) is 26.1 Å². The Balaban J connectivity index is 1.85. The van der Waals surface area contributed by atoms with Crippen molar-refractivity contribution in [1.82, 2.24) is 9.80 Å². The summed E-state index contributed by atoms with van der Waals surface area (Å²) in [5.74, 6) is 0.227. The standard InChI is InChI=1S/C13H25N3O2/c1-11-9-16(6-7-18-11)13(17)10-15-5-3-2-4-12(15)8-14/h11-12H,2-10,14H2,1H3. The zero-order valence-electron chi connectivity index (χ0n) is 11.3. The maximum Gasteiger partial charge on any atom is 0.236 e. The molecule has 0 aromatic heterocycles. The monoisotopic (exact) mass is 255 g/mol. The molecular formula is C13H25N3O2. The summed E-state index contributed by atoms with van der Waals surface area (Å²) in [6.45, 7) is 6.31. The van der Waals surface area contributed by atoms with E-state index in [1.54, 1.807) is 0 Å². The maximum atomic E-state index is 12.3. The Bertz CT molecular complexity index is 285. The van der Waals surface area contributed by atoms with Crippen LogP contribution in [-0.4, -0.2) is 67.2 Å². The molecule has 2 unspecified atom stereocenters. The molecule has 18 heavy (non-hydrogen) atoms. The maximum absolute atomic E-state index is 12.3. The molecule has 2 rings (SSSR count). The highest BCUT2D eigenvalue weighted by Crippen LogP contribution is 2.16. The lowest BCUT2D eigenvalue weighted by Gasteiger charge is -2.37. The molecule has 2 atom stereocenters. The topological polar surface area (TPSA) is 58.8 Å². The fourth-order valence-corrected chi connectivity index (χ4v) is 2.85. The van der Waals surface area contributed by atoms with Gasteiger partial charge in [0.2, 0.25) is 5.91 Å². The normalized spacial score (nSPS) is 30.4. The van der Waals surface area contributed by atoms with Crippen LogP contribution in [0.5, 0.6) is 0 Å². The number of likely N-dealkylation sites (tertiary alicyclic amines) is 1. The highest BCUT2D eigenvalue weighted by molar-refractivity contribution is 5.78. The Morgan fingerprint density at radius 2 is 2.22 bits per heavy atom. The van der Waals surface area contributed by atoms with Gasteiger partial charge in [-0.25, -0.2) is 0 Å². The summed E-state index contributed by atoms with van der Waals surface area (Å²) < 4.78 is 5.46. The molecule has 2 aliphatic rings. The molecule has 0 aromatic rings. The van der Waals surface area contributed by atoms with Crippen LogP contribution >= 0.6 is 0 Å².